The van der Waals surface area contributed by atoms with E-state index in [0.717, 1.165) is 10.9 Å². The molecule has 0 N–H and O–H groups in total. The monoisotopic (exact) mass is 358 g/mol. The van der Waals surface area contributed by atoms with Gasteiger partial charge >= 0.3 is 0 Å². The van der Waals surface area contributed by atoms with Gasteiger partial charge in [-0.2, -0.15) is 0 Å². The molecule has 3 aromatic rings. The highest BCUT2D eigenvalue weighted by Gasteiger charge is 2.26. The predicted molar refractivity (Wildman–Crippen MR) is 96.9 cm³/mol. The molecule has 0 atom stereocenters. The molecule has 0 aliphatic heterocycles. The lowest BCUT2D eigenvalue weighted by Crippen LogP contribution is -2.27. The number of hydrogen-bond acceptors (Lipinski definition) is 5. The molecule has 0 radical (unpaired) electrons. The van der Waals surface area contributed by atoms with Crippen LogP contribution in [0.15, 0.2) is 59.6 Å². The van der Waals surface area contributed by atoms with E-state index >= 15 is 0 Å². The summed E-state index contributed by atoms with van der Waals surface area (Å²) in [5, 5.41) is 0.861. The fourth-order valence-corrected chi connectivity index (χ4v) is 3.85. The molecule has 0 spiro atoms. The van der Waals surface area contributed by atoms with E-state index in [1.165, 1.54) is 37.8 Å². The highest BCUT2D eigenvalue weighted by Crippen LogP contribution is 2.32. The van der Waals surface area contributed by atoms with Crippen molar-refractivity contribution >= 4 is 26.6 Å². The van der Waals surface area contributed by atoms with Gasteiger partial charge in [-0.05, 0) is 24.3 Å². The number of rotatable bonds is 5. The summed E-state index contributed by atoms with van der Waals surface area (Å²) in [7, 11) is 0.549. The van der Waals surface area contributed by atoms with E-state index in [0.29, 0.717) is 11.4 Å². The van der Waals surface area contributed by atoms with Crippen LogP contribution in [0.4, 0.5) is 5.69 Å². The van der Waals surface area contributed by atoms with Crippen LogP contribution >= 0.6 is 0 Å². The molecule has 7 heteroatoms. The zero-order valence-corrected chi connectivity index (χ0v) is 14.9. The molecule has 0 unspecified atom stereocenters. The normalized spacial score (nSPS) is 11.3. The summed E-state index contributed by atoms with van der Waals surface area (Å²) < 4.78 is 37.7. The first-order valence-electron chi connectivity index (χ1n) is 7.53. The van der Waals surface area contributed by atoms with Crippen LogP contribution in [-0.2, 0) is 10.0 Å². The Hall–Kier alpha value is -2.80. The molecule has 25 heavy (non-hydrogen) atoms. The van der Waals surface area contributed by atoms with Crippen molar-refractivity contribution in [2.45, 2.75) is 4.90 Å². The van der Waals surface area contributed by atoms with Gasteiger partial charge in [0, 0.05) is 18.5 Å². The Morgan fingerprint density at radius 3 is 2.48 bits per heavy atom. The average Bonchev–Trinajstić information content (AvgIpc) is 2.66. The molecule has 0 aliphatic rings. The number of nitrogens with zero attached hydrogens (tertiary/aromatic N) is 2. The fraction of sp³-hybridized carbons (Fsp3) is 0.167. The SMILES string of the molecule is COc1ccc(OC)c(S(=O)(=O)N(C)c2cnc3ccccc3c2)c1. The number of hydrogen-bond donors (Lipinski definition) is 0. The average molecular weight is 358 g/mol. The highest BCUT2D eigenvalue weighted by atomic mass is 32.2. The fourth-order valence-electron chi connectivity index (χ4n) is 2.50. The summed E-state index contributed by atoms with van der Waals surface area (Å²) in [6.07, 6.45) is 1.53. The van der Waals surface area contributed by atoms with Gasteiger partial charge in [0.15, 0.2) is 0 Å². The molecule has 0 amide bonds. The molecule has 0 saturated heterocycles. The third-order valence-corrected chi connectivity index (χ3v) is 5.76. The number of fused-ring (bicyclic) bond motifs is 1. The van der Waals surface area contributed by atoms with Crippen molar-refractivity contribution in [1.29, 1.82) is 0 Å². The first-order chi connectivity index (χ1) is 12.0. The van der Waals surface area contributed by atoms with Gasteiger partial charge < -0.3 is 9.47 Å². The van der Waals surface area contributed by atoms with Crippen LogP contribution in [0.3, 0.4) is 0 Å². The smallest absolute Gasteiger partial charge is 0.267 e. The molecule has 1 aromatic heterocycles. The minimum Gasteiger partial charge on any atom is -0.497 e. The number of methoxy groups -OCH3 is 2. The Morgan fingerprint density at radius 2 is 1.76 bits per heavy atom. The molecule has 3 rings (SSSR count). The number of anilines is 1. The quantitative estimate of drug-likeness (QED) is 0.701. The number of sulfonamides is 1. The van der Waals surface area contributed by atoms with Crippen molar-refractivity contribution in [1.82, 2.24) is 4.98 Å². The van der Waals surface area contributed by atoms with Gasteiger partial charge in [0.2, 0.25) is 0 Å². The molecule has 130 valence electrons. The van der Waals surface area contributed by atoms with E-state index in [4.69, 9.17) is 9.47 Å². The van der Waals surface area contributed by atoms with E-state index in [9.17, 15) is 8.42 Å². The van der Waals surface area contributed by atoms with Crippen LogP contribution in [0.1, 0.15) is 0 Å². The molecular formula is C18H18N2O4S. The maximum atomic E-state index is 13.1. The van der Waals surface area contributed by atoms with Crippen molar-refractivity contribution in [2.75, 3.05) is 25.6 Å². The molecule has 6 nitrogen and oxygen atoms in total. The van der Waals surface area contributed by atoms with Crippen LogP contribution in [0.25, 0.3) is 10.9 Å². The summed E-state index contributed by atoms with van der Waals surface area (Å²) in [6, 6.07) is 14.0. The Labute approximate surface area is 146 Å². The van der Waals surface area contributed by atoms with Crippen LogP contribution in [0, 0.1) is 0 Å². The molecule has 0 saturated carbocycles. The van der Waals surface area contributed by atoms with E-state index in [-0.39, 0.29) is 10.6 Å². The Balaban J connectivity index is 2.09. The van der Waals surface area contributed by atoms with Crippen molar-refractivity contribution < 1.29 is 17.9 Å². The van der Waals surface area contributed by atoms with Crippen LogP contribution < -0.4 is 13.8 Å². The van der Waals surface area contributed by atoms with E-state index in [1.807, 2.05) is 24.3 Å². The van der Waals surface area contributed by atoms with Crippen molar-refractivity contribution in [2.24, 2.45) is 0 Å². The summed E-state index contributed by atoms with van der Waals surface area (Å²) in [4.78, 5) is 4.36. The summed E-state index contributed by atoms with van der Waals surface area (Å²) in [5.41, 5.74) is 1.26. The van der Waals surface area contributed by atoms with Crippen LogP contribution in [0.2, 0.25) is 0 Å². The predicted octanol–water partition coefficient (Wildman–Crippen LogP) is 3.08. The van der Waals surface area contributed by atoms with Crippen molar-refractivity contribution in [3.8, 4) is 11.5 Å². The van der Waals surface area contributed by atoms with Gasteiger partial charge in [0.1, 0.15) is 16.4 Å². The third kappa shape index (κ3) is 3.10. The minimum atomic E-state index is -3.85. The second-order valence-corrected chi connectivity index (χ2v) is 7.31. The topological polar surface area (TPSA) is 68.7 Å². The molecule has 0 fully saturated rings. The van der Waals surface area contributed by atoms with Gasteiger partial charge in [-0.3, -0.25) is 9.29 Å². The Kier molecular flexibility index (Phi) is 4.50. The second-order valence-electron chi connectivity index (χ2n) is 5.38. The summed E-state index contributed by atoms with van der Waals surface area (Å²) in [5.74, 6) is 0.686. The van der Waals surface area contributed by atoms with Gasteiger partial charge in [0.05, 0.1) is 31.6 Å². The third-order valence-electron chi connectivity index (χ3n) is 3.95. The first-order valence-corrected chi connectivity index (χ1v) is 8.97. The Bertz CT molecular complexity index is 1020. The highest BCUT2D eigenvalue weighted by molar-refractivity contribution is 7.93. The molecule has 0 aliphatic carbocycles. The Morgan fingerprint density at radius 1 is 1.00 bits per heavy atom. The first kappa shape index (κ1) is 17.0. The largest absolute Gasteiger partial charge is 0.497 e. The maximum Gasteiger partial charge on any atom is 0.267 e. The second kappa shape index (κ2) is 6.60. The lowest BCUT2D eigenvalue weighted by molar-refractivity contribution is 0.392. The summed E-state index contributed by atoms with van der Waals surface area (Å²) >= 11 is 0. The van der Waals surface area contributed by atoms with Gasteiger partial charge in [-0.25, -0.2) is 8.42 Å². The van der Waals surface area contributed by atoms with Crippen LogP contribution in [-0.4, -0.2) is 34.7 Å². The van der Waals surface area contributed by atoms with Gasteiger partial charge in [-0.15, -0.1) is 0 Å². The minimum absolute atomic E-state index is 0.0324. The number of benzene rings is 2. The molecular weight excluding hydrogens is 340 g/mol. The number of aromatic nitrogens is 1. The molecule has 1 heterocycles. The lowest BCUT2D eigenvalue weighted by Gasteiger charge is -2.21. The maximum absolute atomic E-state index is 13.1. The van der Waals surface area contributed by atoms with Crippen LogP contribution in [0.5, 0.6) is 11.5 Å². The van der Waals surface area contributed by atoms with E-state index in [1.54, 1.807) is 18.2 Å². The van der Waals surface area contributed by atoms with Crippen molar-refractivity contribution in [3.63, 3.8) is 0 Å². The zero-order valence-electron chi connectivity index (χ0n) is 14.1. The van der Waals surface area contributed by atoms with E-state index < -0.39 is 10.0 Å². The van der Waals surface area contributed by atoms with Crippen molar-refractivity contribution in [3.05, 3.63) is 54.7 Å². The van der Waals surface area contributed by atoms with E-state index in [2.05, 4.69) is 4.98 Å². The number of ether oxygens (including phenoxy) is 2. The lowest BCUT2D eigenvalue weighted by atomic mass is 10.2. The number of pyridine rings is 1. The molecule has 0 bridgehead atoms. The van der Waals surface area contributed by atoms with Gasteiger partial charge in [-0.1, -0.05) is 18.2 Å². The standard InChI is InChI=1S/C18H18N2O4S/c1-20(14-10-13-6-4-5-7-16(13)19-12-14)25(21,22)18-11-15(23-2)8-9-17(18)24-3/h4-12H,1-3H3. The molecule has 2 aromatic carbocycles. The number of para-hydroxylation sites is 1. The van der Waals surface area contributed by atoms with Gasteiger partial charge in [0.25, 0.3) is 10.0 Å². The zero-order chi connectivity index (χ0) is 18.0. The summed E-state index contributed by atoms with van der Waals surface area (Å²) in [6.45, 7) is 0.